The van der Waals surface area contributed by atoms with Crippen LogP contribution in [0.3, 0.4) is 0 Å². The summed E-state index contributed by atoms with van der Waals surface area (Å²) in [5, 5.41) is 11.4. The number of nitro groups is 1. The Morgan fingerprint density at radius 3 is 2.65 bits per heavy atom. The highest BCUT2D eigenvalue weighted by atomic mass is 16.6. The second kappa shape index (κ2) is 6.60. The van der Waals surface area contributed by atoms with Crippen LogP contribution >= 0.6 is 0 Å². The van der Waals surface area contributed by atoms with E-state index in [0.29, 0.717) is 18.2 Å². The lowest BCUT2D eigenvalue weighted by Crippen LogP contribution is -2.23. The normalized spacial score (nSPS) is 10.8. The molecule has 1 aromatic carbocycles. The van der Waals surface area contributed by atoms with Crippen LogP contribution in [0.25, 0.3) is 0 Å². The first-order valence-corrected chi connectivity index (χ1v) is 7.33. The molecule has 1 heterocycles. The number of hydrogen-bond acceptors (Lipinski definition) is 5. The van der Waals surface area contributed by atoms with Gasteiger partial charge in [0.05, 0.1) is 4.92 Å². The second-order valence-corrected chi connectivity index (χ2v) is 5.93. The summed E-state index contributed by atoms with van der Waals surface area (Å²) >= 11 is 0. The van der Waals surface area contributed by atoms with E-state index in [2.05, 4.69) is 4.98 Å². The summed E-state index contributed by atoms with van der Waals surface area (Å²) in [6, 6.07) is 4.55. The number of benzene rings is 1. The van der Waals surface area contributed by atoms with Crippen LogP contribution in [0.5, 0.6) is 0 Å². The number of carbonyl (C=O) groups is 1. The molecule has 1 aromatic heterocycles. The average Bonchev–Trinajstić information content (AvgIpc) is 2.91. The Morgan fingerprint density at radius 1 is 1.43 bits per heavy atom. The smallest absolute Gasteiger partial charge is 0.293 e. The summed E-state index contributed by atoms with van der Waals surface area (Å²) in [7, 11) is 3.52. The van der Waals surface area contributed by atoms with Gasteiger partial charge < -0.3 is 9.47 Å². The zero-order chi connectivity index (χ0) is 17.1. The topological polar surface area (TPSA) is 81.3 Å². The lowest BCUT2D eigenvalue weighted by atomic mass is 10.1. The number of carbonyl (C=O) groups excluding carboxylic acids is 1. The highest BCUT2D eigenvalue weighted by molar-refractivity contribution is 6.07. The Kier molecular flexibility index (Phi) is 4.78. The van der Waals surface area contributed by atoms with Crippen molar-refractivity contribution < 1.29 is 9.72 Å². The third kappa shape index (κ3) is 3.56. The molecule has 0 atom stereocenters. The second-order valence-electron chi connectivity index (χ2n) is 5.93. The van der Waals surface area contributed by atoms with Crippen molar-refractivity contribution in [3.63, 3.8) is 0 Å². The number of hydrogen-bond donors (Lipinski definition) is 0. The van der Waals surface area contributed by atoms with Crippen LogP contribution in [-0.4, -0.2) is 33.9 Å². The van der Waals surface area contributed by atoms with Crippen molar-refractivity contribution in [1.29, 1.82) is 0 Å². The van der Waals surface area contributed by atoms with E-state index in [0.717, 1.165) is 0 Å². The van der Waals surface area contributed by atoms with Gasteiger partial charge in [-0.2, -0.15) is 0 Å². The lowest BCUT2D eigenvalue weighted by Gasteiger charge is -2.21. The molecule has 0 aliphatic carbocycles. The van der Waals surface area contributed by atoms with E-state index >= 15 is 0 Å². The highest BCUT2D eigenvalue weighted by Gasteiger charge is 2.22. The van der Waals surface area contributed by atoms with Gasteiger partial charge in [0.25, 0.3) is 5.69 Å². The maximum atomic E-state index is 12.4. The van der Waals surface area contributed by atoms with E-state index in [-0.39, 0.29) is 22.9 Å². The molecule has 2 aromatic rings. The van der Waals surface area contributed by atoms with Crippen LogP contribution in [0.4, 0.5) is 11.4 Å². The summed E-state index contributed by atoms with van der Waals surface area (Å²) in [6.45, 7) is 4.77. The molecule has 0 fully saturated rings. The molecule has 0 amide bonds. The molecule has 0 saturated carbocycles. The number of aryl methyl sites for hydroxylation is 1. The monoisotopic (exact) mass is 316 g/mol. The third-order valence-electron chi connectivity index (χ3n) is 3.51. The van der Waals surface area contributed by atoms with Crippen molar-refractivity contribution in [3.8, 4) is 0 Å². The summed E-state index contributed by atoms with van der Waals surface area (Å²) in [5.74, 6) is 0.287. The molecule has 7 heteroatoms. The number of rotatable bonds is 6. The number of nitrogens with zero attached hydrogens (tertiary/aromatic N) is 4. The molecule has 0 N–H and O–H groups in total. The van der Waals surface area contributed by atoms with E-state index in [1.807, 2.05) is 25.8 Å². The quantitative estimate of drug-likeness (QED) is 0.465. The predicted molar refractivity (Wildman–Crippen MR) is 87.8 cm³/mol. The highest BCUT2D eigenvalue weighted by Crippen LogP contribution is 2.29. The minimum Gasteiger partial charge on any atom is -0.369 e. The van der Waals surface area contributed by atoms with Crippen molar-refractivity contribution >= 4 is 17.2 Å². The number of anilines is 1. The fourth-order valence-corrected chi connectivity index (χ4v) is 2.49. The molecule has 0 spiro atoms. The van der Waals surface area contributed by atoms with Crippen LogP contribution in [0.15, 0.2) is 30.6 Å². The Labute approximate surface area is 134 Å². The van der Waals surface area contributed by atoms with Gasteiger partial charge in [0.1, 0.15) is 5.69 Å². The fourth-order valence-electron chi connectivity index (χ4n) is 2.49. The SMILES string of the molecule is CC(C)CN(C)c1ccc(C(=O)c2nccn2C)cc1[N+](=O)[O-]. The van der Waals surface area contributed by atoms with E-state index in [4.69, 9.17) is 0 Å². The van der Waals surface area contributed by atoms with E-state index in [1.165, 1.54) is 12.3 Å². The van der Waals surface area contributed by atoms with Crippen molar-refractivity contribution in [2.75, 3.05) is 18.5 Å². The minimum absolute atomic E-state index is 0.0757. The molecule has 7 nitrogen and oxygen atoms in total. The van der Waals surface area contributed by atoms with Gasteiger partial charge in [-0.1, -0.05) is 13.8 Å². The molecule has 0 unspecified atom stereocenters. The zero-order valence-corrected chi connectivity index (χ0v) is 13.7. The third-order valence-corrected chi connectivity index (χ3v) is 3.51. The van der Waals surface area contributed by atoms with Gasteiger partial charge in [-0.25, -0.2) is 4.98 Å². The summed E-state index contributed by atoms with van der Waals surface area (Å²) in [5.41, 5.74) is 0.681. The molecule has 2 rings (SSSR count). The van der Waals surface area contributed by atoms with Crippen LogP contribution < -0.4 is 4.90 Å². The lowest BCUT2D eigenvalue weighted by molar-refractivity contribution is -0.384. The van der Waals surface area contributed by atoms with Gasteiger partial charge in [-0.3, -0.25) is 14.9 Å². The maximum absolute atomic E-state index is 12.4. The van der Waals surface area contributed by atoms with Crippen LogP contribution in [0.2, 0.25) is 0 Å². The average molecular weight is 316 g/mol. The number of aromatic nitrogens is 2. The Balaban J connectivity index is 2.42. The molecule has 0 aliphatic heterocycles. The first kappa shape index (κ1) is 16.7. The molecule has 23 heavy (non-hydrogen) atoms. The summed E-state index contributed by atoms with van der Waals surface area (Å²) in [4.78, 5) is 29.2. The van der Waals surface area contributed by atoms with E-state index in [9.17, 15) is 14.9 Å². The van der Waals surface area contributed by atoms with E-state index in [1.54, 1.807) is 29.9 Å². The van der Waals surface area contributed by atoms with Crippen LogP contribution in [0.1, 0.15) is 30.0 Å². The Bertz CT molecular complexity index is 737. The van der Waals surface area contributed by atoms with E-state index < -0.39 is 4.92 Å². The van der Waals surface area contributed by atoms with Crippen molar-refractivity contribution in [3.05, 3.63) is 52.1 Å². The van der Waals surface area contributed by atoms with Crippen LogP contribution in [0, 0.1) is 16.0 Å². The van der Waals surface area contributed by atoms with Crippen molar-refractivity contribution in [2.24, 2.45) is 13.0 Å². The van der Waals surface area contributed by atoms with Crippen LogP contribution in [-0.2, 0) is 7.05 Å². The number of nitro benzene ring substituents is 1. The van der Waals surface area contributed by atoms with Crippen molar-refractivity contribution in [1.82, 2.24) is 9.55 Å². The minimum atomic E-state index is -0.457. The summed E-state index contributed by atoms with van der Waals surface area (Å²) in [6.07, 6.45) is 3.18. The molecular formula is C16H20N4O3. The first-order valence-electron chi connectivity index (χ1n) is 7.33. The van der Waals surface area contributed by atoms with Gasteiger partial charge in [0, 0.05) is 44.7 Å². The van der Waals surface area contributed by atoms with Gasteiger partial charge >= 0.3 is 0 Å². The zero-order valence-electron chi connectivity index (χ0n) is 13.7. The van der Waals surface area contributed by atoms with Gasteiger partial charge in [0.15, 0.2) is 5.82 Å². The van der Waals surface area contributed by atoms with Gasteiger partial charge in [-0.15, -0.1) is 0 Å². The Hall–Kier alpha value is -2.70. The summed E-state index contributed by atoms with van der Waals surface area (Å²) < 4.78 is 1.59. The molecule has 122 valence electrons. The largest absolute Gasteiger partial charge is 0.369 e. The molecule has 0 saturated heterocycles. The van der Waals surface area contributed by atoms with Crippen molar-refractivity contribution in [2.45, 2.75) is 13.8 Å². The van der Waals surface area contributed by atoms with Gasteiger partial charge in [0.2, 0.25) is 5.78 Å². The molecule has 0 bridgehead atoms. The number of imidazole rings is 1. The maximum Gasteiger partial charge on any atom is 0.293 e. The standard InChI is InChI=1S/C16H20N4O3/c1-11(2)10-19(4)13-6-5-12(9-14(13)20(22)23)15(21)16-17-7-8-18(16)3/h5-9,11H,10H2,1-4H3. The van der Waals surface area contributed by atoms with Gasteiger partial charge in [-0.05, 0) is 18.1 Å². The molecule has 0 aliphatic rings. The predicted octanol–water partition coefficient (Wildman–Crippen LogP) is 2.65. The molecular weight excluding hydrogens is 296 g/mol. The number of ketones is 1. The molecule has 0 radical (unpaired) electrons. The Morgan fingerprint density at radius 2 is 2.13 bits per heavy atom. The fraction of sp³-hybridized carbons (Fsp3) is 0.375. The first-order chi connectivity index (χ1) is 10.8.